The van der Waals surface area contributed by atoms with E-state index in [0.717, 1.165) is 15.6 Å². The van der Waals surface area contributed by atoms with Crippen molar-refractivity contribution in [3.05, 3.63) is 39.4 Å². The zero-order chi connectivity index (χ0) is 15.4. The van der Waals surface area contributed by atoms with Crippen molar-refractivity contribution in [1.82, 2.24) is 0 Å². The molecule has 0 aliphatic carbocycles. The number of fused-ring (bicyclic) bond motifs is 1. The molecule has 0 fully saturated rings. The molecule has 5 heteroatoms. The van der Waals surface area contributed by atoms with E-state index in [4.69, 9.17) is 9.47 Å². The zero-order valence-corrected chi connectivity index (χ0v) is 13.7. The molecule has 0 radical (unpaired) electrons. The Morgan fingerprint density at radius 2 is 2.05 bits per heavy atom. The summed E-state index contributed by atoms with van der Waals surface area (Å²) in [5.41, 5.74) is 2.35. The van der Waals surface area contributed by atoms with Gasteiger partial charge in [0, 0.05) is 16.5 Å². The van der Waals surface area contributed by atoms with Crippen molar-refractivity contribution >= 4 is 33.6 Å². The van der Waals surface area contributed by atoms with Crippen LogP contribution in [0.3, 0.4) is 0 Å². The number of hydrogen-bond donors (Lipinski definition) is 0. The lowest BCUT2D eigenvalue weighted by Gasteiger charge is -2.06. The van der Waals surface area contributed by atoms with Crippen molar-refractivity contribution in [2.75, 3.05) is 6.61 Å². The molecule has 4 nitrogen and oxygen atoms in total. The van der Waals surface area contributed by atoms with Gasteiger partial charge in [0.15, 0.2) is 0 Å². The molecule has 0 unspecified atom stereocenters. The second-order valence-electron chi connectivity index (χ2n) is 4.85. The highest BCUT2D eigenvalue weighted by Crippen LogP contribution is 2.35. The molecule has 0 aromatic heterocycles. The van der Waals surface area contributed by atoms with Gasteiger partial charge in [-0.25, -0.2) is 4.79 Å². The number of rotatable bonds is 5. The Labute approximate surface area is 132 Å². The Kier molecular flexibility index (Phi) is 5.17. The molecule has 0 N–H and O–H groups in total. The summed E-state index contributed by atoms with van der Waals surface area (Å²) in [6.07, 6.45) is 1.74. The molecule has 1 aliphatic rings. The molecular weight excluding hydrogens is 336 g/mol. The minimum absolute atomic E-state index is 0.193. The maximum absolute atomic E-state index is 11.8. The monoisotopic (exact) mass is 352 g/mol. The molecule has 0 spiro atoms. The average molecular weight is 353 g/mol. The Balaban J connectivity index is 2.09. The third kappa shape index (κ3) is 3.73. The number of allylic oxidation sites excluding steroid dienone is 1. The summed E-state index contributed by atoms with van der Waals surface area (Å²) < 4.78 is 11.1. The normalized spacial score (nSPS) is 15.5. The molecule has 0 saturated heterocycles. The first-order chi connectivity index (χ1) is 10.0. The minimum Gasteiger partial charge on any atom is -0.466 e. The molecule has 1 aliphatic heterocycles. The molecular formula is C16H17BrO4. The highest BCUT2D eigenvalue weighted by atomic mass is 79.9. The Morgan fingerprint density at radius 3 is 2.76 bits per heavy atom. The number of halogens is 1. The zero-order valence-electron chi connectivity index (χ0n) is 12.1. The summed E-state index contributed by atoms with van der Waals surface area (Å²) in [7, 11) is 0. The van der Waals surface area contributed by atoms with E-state index in [1.807, 2.05) is 19.1 Å². The molecule has 2 rings (SSSR count). The lowest BCUT2D eigenvalue weighted by molar-refractivity contribution is -0.143. The van der Waals surface area contributed by atoms with Gasteiger partial charge in [-0.1, -0.05) is 15.9 Å². The van der Waals surface area contributed by atoms with E-state index in [1.54, 1.807) is 13.0 Å². The van der Waals surface area contributed by atoms with Gasteiger partial charge in [-0.2, -0.15) is 0 Å². The van der Waals surface area contributed by atoms with Gasteiger partial charge in [0.2, 0.25) is 0 Å². The molecule has 112 valence electrons. The SMILES string of the molecule is CCOC(=O)CCCC(C)=C1OC(=O)c2ccc(Br)cc21. The van der Waals surface area contributed by atoms with Gasteiger partial charge in [-0.05, 0) is 50.5 Å². The van der Waals surface area contributed by atoms with Crippen molar-refractivity contribution < 1.29 is 19.1 Å². The van der Waals surface area contributed by atoms with Crippen LogP contribution < -0.4 is 0 Å². The van der Waals surface area contributed by atoms with Crippen molar-refractivity contribution in [1.29, 1.82) is 0 Å². The quantitative estimate of drug-likeness (QED) is 0.749. The first-order valence-corrected chi connectivity index (χ1v) is 7.69. The molecule has 1 aromatic carbocycles. The average Bonchev–Trinajstić information content (AvgIpc) is 2.75. The summed E-state index contributed by atoms with van der Waals surface area (Å²) in [6.45, 7) is 4.11. The van der Waals surface area contributed by atoms with Gasteiger partial charge in [-0.15, -0.1) is 0 Å². The lowest BCUT2D eigenvalue weighted by atomic mass is 10.0. The highest BCUT2D eigenvalue weighted by molar-refractivity contribution is 9.10. The lowest BCUT2D eigenvalue weighted by Crippen LogP contribution is -2.03. The molecule has 21 heavy (non-hydrogen) atoms. The van der Waals surface area contributed by atoms with Crippen molar-refractivity contribution in [2.24, 2.45) is 0 Å². The molecule has 1 aromatic rings. The van der Waals surface area contributed by atoms with Gasteiger partial charge >= 0.3 is 11.9 Å². The van der Waals surface area contributed by atoms with E-state index in [1.165, 1.54) is 0 Å². The van der Waals surface area contributed by atoms with Crippen LogP contribution in [0.2, 0.25) is 0 Å². The Morgan fingerprint density at radius 1 is 1.29 bits per heavy atom. The molecule has 0 amide bonds. The second-order valence-corrected chi connectivity index (χ2v) is 5.76. The van der Waals surface area contributed by atoms with Crippen LogP contribution in [0.1, 0.15) is 49.0 Å². The molecule has 0 saturated carbocycles. The molecule has 0 bridgehead atoms. The minimum atomic E-state index is -0.322. The number of carbonyl (C=O) groups excluding carboxylic acids is 2. The summed E-state index contributed by atoms with van der Waals surface area (Å²) in [4.78, 5) is 23.1. The van der Waals surface area contributed by atoms with Gasteiger partial charge < -0.3 is 9.47 Å². The summed E-state index contributed by atoms with van der Waals surface area (Å²) >= 11 is 3.40. The fourth-order valence-electron chi connectivity index (χ4n) is 2.25. The van der Waals surface area contributed by atoms with Crippen LogP contribution in [0, 0.1) is 0 Å². The predicted octanol–water partition coefficient (Wildman–Crippen LogP) is 4.08. The van der Waals surface area contributed by atoms with Gasteiger partial charge in [0.25, 0.3) is 0 Å². The highest BCUT2D eigenvalue weighted by Gasteiger charge is 2.27. The van der Waals surface area contributed by atoms with Crippen LogP contribution in [-0.2, 0) is 14.3 Å². The fourth-order valence-corrected chi connectivity index (χ4v) is 2.61. The van der Waals surface area contributed by atoms with E-state index < -0.39 is 0 Å². The van der Waals surface area contributed by atoms with E-state index in [9.17, 15) is 9.59 Å². The van der Waals surface area contributed by atoms with Crippen LogP contribution in [0.4, 0.5) is 0 Å². The number of ether oxygens (including phenoxy) is 2. The largest absolute Gasteiger partial charge is 0.466 e. The van der Waals surface area contributed by atoms with Crippen LogP contribution in [0.25, 0.3) is 5.76 Å². The van der Waals surface area contributed by atoms with Gasteiger partial charge in [-0.3, -0.25) is 4.79 Å². The van der Waals surface area contributed by atoms with Crippen LogP contribution in [-0.4, -0.2) is 18.5 Å². The van der Waals surface area contributed by atoms with E-state index in [0.29, 0.717) is 37.2 Å². The van der Waals surface area contributed by atoms with Crippen molar-refractivity contribution in [2.45, 2.75) is 33.1 Å². The Bertz CT molecular complexity index is 604. The molecule has 0 atom stereocenters. The van der Waals surface area contributed by atoms with Crippen LogP contribution >= 0.6 is 15.9 Å². The Hall–Kier alpha value is -1.62. The number of benzene rings is 1. The van der Waals surface area contributed by atoms with Gasteiger partial charge in [0.05, 0.1) is 12.2 Å². The standard InChI is InChI=1S/C16H17BrO4/c1-3-20-14(18)6-4-5-10(2)15-13-9-11(17)7-8-12(13)16(19)21-15/h7-9H,3-6H2,1-2H3. The first-order valence-electron chi connectivity index (χ1n) is 6.90. The van der Waals surface area contributed by atoms with Crippen molar-refractivity contribution in [3.8, 4) is 0 Å². The second kappa shape index (κ2) is 6.89. The summed E-state index contributed by atoms with van der Waals surface area (Å²) in [6, 6.07) is 5.45. The number of carbonyl (C=O) groups is 2. The van der Waals surface area contributed by atoms with E-state index in [-0.39, 0.29) is 11.9 Å². The maximum Gasteiger partial charge on any atom is 0.344 e. The fraction of sp³-hybridized carbons (Fsp3) is 0.375. The third-order valence-electron chi connectivity index (χ3n) is 3.27. The summed E-state index contributed by atoms with van der Waals surface area (Å²) in [5.74, 6) is 0.0965. The number of esters is 2. The third-order valence-corrected chi connectivity index (χ3v) is 3.76. The predicted molar refractivity (Wildman–Crippen MR) is 82.6 cm³/mol. The maximum atomic E-state index is 11.8. The van der Waals surface area contributed by atoms with Crippen LogP contribution in [0.5, 0.6) is 0 Å². The van der Waals surface area contributed by atoms with E-state index >= 15 is 0 Å². The molecule has 1 heterocycles. The topological polar surface area (TPSA) is 52.6 Å². The number of cyclic esters (lactones) is 1. The summed E-state index contributed by atoms with van der Waals surface area (Å²) in [5, 5.41) is 0. The smallest absolute Gasteiger partial charge is 0.344 e. The number of hydrogen-bond acceptors (Lipinski definition) is 4. The first kappa shape index (κ1) is 15.8. The van der Waals surface area contributed by atoms with Crippen molar-refractivity contribution in [3.63, 3.8) is 0 Å². The van der Waals surface area contributed by atoms with Crippen LogP contribution in [0.15, 0.2) is 28.2 Å². The van der Waals surface area contributed by atoms with Gasteiger partial charge in [0.1, 0.15) is 5.76 Å². The van der Waals surface area contributed by atoms with E-state index in [2.05, 4.69) is 15.9 Å².